The molecule has 8 heteroatoms. The van der Waals surface area contributed by atoms with E-state index in [0.29, 0.717) is 4.60 Å². The van der Waals surface area contributed by atoms with Crippen molar-refractivity contribution in [1.29, 1.82) is 0 Å². The van der Waals surface area contributed by atoms with E-state index in [2.05, 4.69) is 30.9 Å². The van der Waals surface area contributed by atoms with E-state index in [1.165, 1.54) is 6.20 Å². The third-order valence-electron chi connectivity index (χ3n) is 1.05. The summed E-state index contributed by atoms with van der Waals surface area (Å²) >= 11 is 7.85. The Morgan fingerprint density at radius 3 is 2.43 bits per heavy atom. The lowest BCUT2D eigenvalue weighted by Gasteiger charge is -2.01. The molecule has 0 saturated carbocycles. The van der Waals surface area contributed by atoms with Gasteiger partial charge in [-0.3, -0.25) is 0 Å². The van der Waals surface area contributed by atoms with Gasteiger partial charge in [-0.15, -0.1) is 0 Å². The number of rotatable bonds is 1. The molecule has 0 fully saturated rings. The Morgan fingerprint density at radius 2 is 2.00 bits per heavy atom. The zero-order valence-corrected chi connectivity index (χ0v) is 8.73. The van der Waals surface area contributed by atoms with Crippen LogP contribution in [0.25, 0.3) is 0 Å². The van der Waals surface area contributed by atoms with Gasteiger partial charge in [0.25, 0.3) is 0 Å². The van der Waals surface area contributed by atoms with E-state index in [4.69, 9.17) is 11.6 Å². The summed E-state index contributed by atoms with van der Waals surface area (Å²) in [5.74, 6) is -0.199. The molecule has 76 valence electrons. The molecule has 1 aromatic heterocycles. The Labute approximate surface area is 90.2 Å². The first-order chi connectivity index (χ1) is 6.39. The fourth-order valence-corrected chi connectivity index (χ4v) is 0.819. The van der Waals surface area contributed by atoms with Gasteiger partial charge in [-0.05, 0) is 15.9 Å². The second-order valence-electron chi connectivity index (χ2n) is 2.10. The van der Waals surface area contributed by atoms with Gasteiger partial charge in [0.15, 0.2) is 5.82 Å². The van der Waals surface area contributed by atoms with Crippen LogP contribution in [0.3, 0.4) is 0 Å². The quantitative estimate of drug-likeness (QED) is 0.745. The number of aliphatic imine (C=N–C) groups is 1. The molecule has 0 bridgehead atoms. The van der Waals surface area contributed by atoms with E-state index in [0.717, 1.165) is 6.20 Å². The van der Waals surface area contributed by atoms with Crippen molar-refractivity contribution in [2.24, 2.45) is 4.99 Å². The summed E-state index contributed by atoms with van der Waals surface area (Å²) in [7, 11) is 0. The van der Waals surface area contributed by atoms with Gasteiger partial charge in [-0.2, -0.15) is 13.2 Å². The molecule has 0 aliphatic rings. The second kappa shape index (κ2) is 4.22. The summed E-state index contributed by atoms with van der Waals surface area (Å²) in [6.45, 7) is 0. The van der Waals surface area contributed by atoms with Gasteiger partial charge in [-0.1, -0.05) is 11.6 Å². The molecule has 1 heterocycles. The fourth-order valence-electron chi connectivity index (χ4n) is 0.527. The smallest absolute Gasteiger partial charge is 0.244 e. The lowest BCUT2D eigenvalue weighted by Crippen LogP contribution is -2.16. The molecule has 0 N–H and O–H groups in total. The zero-order valence-electron chi connectivity index (χ0n) is 6.39. The first kappa shape index (κ1) is 11.4. The number of aromatic nitrogens is 2. The molecule has 0 amide bonds. The first-order valence-electron chi connectivity index (χ1n) is 3.18. The van der Waals surface area contributed by atoms with Crippen LogP contribution in [0.1, 0.15) is 0 Å². The summed E-state index contributed by atoms with van der Waals surface area (Å²) in [4.78, 5) is 10.2. The average Bonchev–Trinajstić information content (AvgIpc) is 2.07. The minimum atomic E-state index is -4.66. The van der Waals surface area contributed by atoms with Crippen LogP contribution in [-0.4, -0.2) is 21.3 Å². The number of alkyl halides is 3. The summed E-state index contributed by atoms with van der Waals surface area (Å²) in [5, 5.41) is -1.48. The van der Waals surface area contributed by atoms with Crippen molar-refractivity contribution in [3.8, 4) is 0 Å². The topological polar surface area (TPSA) is 38.1 Å². The van der Waals surface area contributed by atoms with Crippen molar-refractivity contribution < 1.29 is 13.2 Å². The highest BCUT2D eigenvalue weighted by molar-refractivity contribution is 9.10. The zero-order chi connectivity index (χ0) is 10.8. The van der Waals surface area contributed by atoms with Gasteiger partial charge in [0.2, 0.25) is 5.17 Å². The normalized spacial score (nSPS) is 13.1. The van der Waals surface area contributed by atoms with E-state index in [1.807, 2.05) is 0 Å². The molecule has 0 atom stereocenters. The molecule has 0 aromatic carbocycles. The Morgan fingerprint density at radius 1 is 1.36 bits per heavy atom. The van der Waals surface area contributed by atoms with Crippen LogP contribution in [0, 0.1) is 0 Å². The molecule has 0 radical (unpaired) electrons. The maximum absolute atomic E-state index is 11.9. The van der Waals surface area contributed by atoms with Gasteiger partial charge < -0.3 is 0 Å². The van der Waals surface area contributed by atoms with Crippen molar-refractivity contribution in [2.75, 3.05) is 0 Å². The third kappa shape index (κ3) is 3.22. The first-order valence-corrected chi connectivity index (χ1v) is 4.35. The summed E-state index contributed by atoms with van der Waals surface area (Å²) in [5.41, 5.74) is 0. The van der Waals surface area contributed by atoms with Gasteiger partial charge in [-0.25, -0.2) is 15.0 Å². The molecule has 14 heavy (non-hydrogen) atoms. The molecule has 0 aliphatic carbocycles. The van der Waals surface area contributed by atoms with Gasteiger partial charge in [0, 0.05) is 0 Å². The van der Waals surface area contributed by atoms with Crippen LogP contribution in [0.15, 0.2) is 22.0 Å². The largest absolute Gasteiger partial charge is 0.444 e. The molecule has 0 saturated heterocycles. The summed E-state index contributed by atoms with van der Waals surface area (Å²) in [6.07, 6.45) is -2.37. The number of nitrogens with zero attached hydrogens (tertiary/aromatic N) is 3. The molecule has 0 aliphatic heterocycles. The highest BCUT2D eigenvalue weighted by Gasteiger charge is 2.34. The van der Waals surface area contributed by atoms with Crippen LogP contribution < -0.4 is 0 Å². The maximum Gasteiger partial charge on any atom is 0.444 e. The molecule has 1 aromatic rings. The van der Waals surface area contributed by atoms with Crippen molar-refractivity contribution in [3.05, 3.63) is 17.0 Å². The number of hydrogen-bond acceptors (Lipinski definition) is 3. The third-order valence-corrected chi connectivity index (χ3v) is 1.76. The molecule has 0 spiro atoms. The summed E-state index contributed by atoms with van der Waals surface area (Å²) in [6, 6.07) is 0. The predicted octanol–water partition coefficient (Wildman–Crippen LogP) is 3.07. The molecular weight excluding hydrogens is 286 g/mol. The van der Waals surface area contributed by atoms with Crippen LogP contribution in [0.5, 0.6) is 0 Å². The Balaban J connectivity index is 2.93. The maximum atomic E-state index is 11.9. The van der Waals surface area contributed by atoms with Crippen LogP contribution in [0.2, 0.25) is 0 Å². The van der Waals surface area contributed by atoms with Crippen molar-refractivity contribution in [3.63, 3.8) is 0 Å². The van der Waals surface area contributed by atoms with Gasteiger partial charge in [0.05, 0.1) is 12.4 Å². The SMILES string of the molecule is FC(F)(F)C(Cl)=Nc1cnc(Br)cn1. The molecule has 3 nitrogen and oxygen atoms in total. The Hall–Kier alpha value is -0.690. The van der Waals surface area contributed by atoms with E-state index in [9.17, 15) is 13.2 Å². The second-order valence-corrected chi connectivity index (χ2v) is 3.27. The monoisotopic (exact) mass is 287 g/mol. The summed E-state index contributed by atoms with van der Waals surface area (Å²) < 4.78 is 36.1. The number of hydrogen-bond donors (Lipinski definition) is 0. The van der Waals surface area contributed by atoms with Crippen molar-refractivity contribution >= 4 is 38.5 Å². The van der Waals surface area contributed by atoms with E-state index >= 15 is 0 Å². The highest BCUT2D eigenvalue weighted by Crippen LogP contribution is 2.22. The van der Waals surface area contributed by atoms with E-state index in [-0.39, 0.29) is 5.82 Å². The van der Waals surface area contributed by atoms with Crippen molar-refractivity contribution in [1.82, 2.24) is 9.97 Å². The van der Waals surface area contributed by atoms with Crippen LogP contribution in [0.4, 0.5) is 19.0 Å². The van der Waals surface area contributed by atoms with Crippen LogP contribution in [-0.2, 0) is 0 Å². The Bertz CT molecular complexity index is 348. The number of halogens is 5. The van der Waals surface area contributed by atoms with Gasteiger partial charge in [0.1, 0.15) is 4.60 Å². The van der Waals surface area contributed by atoms with E-state index in [1.54, 1.807) is 0 Å². The minimum absolute atomic E-state index is 0.199. The lowest BCUT2D eigenvalue weighted by molar-refractivity contribution is -0.0558. The van der Waals surface area contributed by atoms with Crippen LogP contribution >= 0.6 is 27.5 Å². The average molecular weight is 288 g/mol. The fraction of sp³-hybridized carbons (Fsp3) is 0.167. The van der Waals surface area contributed by atoms with E-state index < -0.39 is 11.3 Å². The predicted molar refractivity (Wildman–Crippen MR) is 48.7 cm³/mol. The molecular formula is C6H2BrClF3N3. The molecule has 0 unspecified atom stereocenters. The Kier molecular flexibility index (Phi) is 3.43. The van der Waals surface area contributed by atoms with Crippen molar-refractivity contribution in [2.45, 2.75) is 6.18 Å². The molecule has 1 rings (SSSR count). The standard InChI is InChI=1S/C6H2BrClF3N3/c7-3-1-13-4(2-12-3)14-5(8)6(9,10)11/h1-2H. The van der Waals surface area contributed by atoms with Gasteiger partial charge >= 0.3 is 6.18 Å². The highest BCUT2D eigenvalue weighted by atomic mass is 79.9. The minimum Gasteiger partial charge on any atom is -0.244 e. The lowest BCUT2D eigenvalue weighted by atomic mass is 10.6.